The van der Waals surface area contributed by atoms with Gasteiger partial charge in [-0.2, -0.15) is 0 Å². The van der Waals surface area contributed by atoms with Gasteiger partial charge in [0.25, 0.3) is 0 Å². The van der Waals surface area contributed by atoms with Gasteiger partial charge in [-0.1, -0.05) is 24.3 Å². The Morgan fingerprint density at radius 2 is 1.78 bits per heavy atom. The van der Waals surface area contributed by atoms with Crippen molar-refractivity contribution in [1.82, 2.24) is 0 Å². The van der Waals surface area contributed by atoms with Gasteiger partial charge in [0.2, 0.25) is 0 Å². The van der Waals surface area contributed by atoms with Gasteiger partial charge in [0.1, 0.15) is 11.5 Å². The van der Waals surface area contributed by atoms with Gasteiger partial charge in [-0.3, -0.25) is 4.79 Å². The number of methoxy groups -OCH3 is 1. The molecule has 3 nitrogen and oxygen atoms in total. The molecular weight excluding hydrogens is 356 g/mol. The van der Waals surface area contributed by atoms with E-state index in [1.54, 1.807) is 30.6 Å². The molecule has 1 N–H and O–H groups in total. The summed E-state index contributed by atoms with van der Waals surface area (Å²) in [5.74, 6) is 0.845. The number of phenols is 1. The Hall–Kier alpha value is -3.11. The maximum Gasteiger partial charge on any atom is 0.195 e. The van der Waals surface area contributed by atoms with Crippen LogP contribution in [0.25, 0.3) is 20.5 Å². The van der Waals surface area contributed by atoms with Crippen LogP contribution in [0, 0.1) is 6.92 Å². The Morgan fingerprint density at radius 1 is 1.00 bits per heavy atom. The third-order valence-electron chi connectivity index (χ3n) is 4.53. The Morgan fingerprint density at radius 3 is 2.52 bits per heavy atom. The maximum absolute atomic E-state index is 13.4. The van der Waals surface area contributed by atoms with Gasteiger partial charge in [0.15, 0.2) is 5.78 Å². The minimum atomic E-state index is -0.0528. The highest BCUT2D eigenvalue weighted by atomic mass is 32.1. The van der Waals surface area contributed by atoms with Crippen LogP contribution in [-0.2, 0) is 0 Å². The van der Waals surface area contributed by atoms with Gasteiger partial charge in [-0.25, -0.2) is 0 Å². The fourth-order valence-corrected chi connectivity index (χ4v) is 4.45. The zero-order valence-corrected chi connectivity index (χ0v) is 15.8. The SMILES string of the molecule is COc1cccc(-c2sc3cc(C)ccc3c2C(=O)c2ccc(O)cc2)c1. The van der Waals surface area contributed by atoms with E-state index >= 15 is 0 Å². The van der Waals surface area contributed by atoms with Crippen molar-refractivity contribution in [3.05, 3.63) is 83.4 Å². The first-order chi connectivity index (χ1) is 13.1. The first-order valence-electron chi connectivity index (χ1n) is 8.58. The van der Waals surface area contributed by atoms with Gasteiger partial charge in [-0.05, 0) is 60.5 Å². The van der Waals surface area contributed by atoms with Crippen molar-refractivity contribution < 1.29 is 14.6 Å². The molecule has 0 aliphatic rings. The summed E-state index contributed by atoms with van der Waals surface area (Å²) in [6.45, 7) is 2.05. The summed E-state index contributed by atoms with van der Waals surface area (Å²) in [6.07, 6.45) is 0. The fraction of sp³-hybridized carbons (Fsp3) is 0.0870. The molecule has 0 atom stereocenters. The highest BCUT2D eigenvalue weighted by Crippen LogP contribution is 2.41. The Balaban J connectivity index is 1.96. The molecule has 4 rings (SSSR count). The van der Waals surface area contributed by atoms with E-state index < -0.39 is 0 Å². The summed E-state index contributed by atoms with van der Waals surface area (Å²) in [4.78, 5) is 14.3. The van der Waals surface area contributed by atoms with Crippen LogP contribution in [0.1, 0.15) is 21.5 Å². The second-order valence-corrected chi connectivity index (χ2v) is 7.47. The van der Waals surface area contributed by atoms with E-state index in [2.05, 4.69) is 6.07 Å². The summed E-state index contributed by atoms with van der Waals surface area (Å²) in [5, 5.41) is 10.5. The summed E-state index contributed by atoms with van der Waals surface area (Å²) < 4.78 is 6.44. The number of aromatic hydroxyl groups is 1. The minimum absolute atomic E-state index is 0.0528. The quantitative estimate of drug-likeness (QED) is 0.458. The smallest absolute Gasteiger partial charge is 0.195 e. The lowest BCUT2D eigenvalue weighted by molar-refractivity contribution is 0.104. The van der Waals surface area contributed by atoms with Crippen LogP contribution in [0.3, 0.4) is 0 Å². The number of rotatable bonds is 4. The molecule has 4 heteroatoms. The zero-order chi connectivity index (χ0) is 19.0. The topological polar surface area (TPSA) is 46.5 Å². The van der Waals surface area contributed by atoms with Gasteiger partial charge < -0.3 is 9.84 Å². The molecule has 27 heavy (non-hydrogen) atoms. The van der Waals surface area contributed by atoms with Crippen LogP contribution in [-0.4, -0.2) is 18.0 Å². The molecule has 4 aromatic rings. The van der Waals surface area contributed by atoms with Gasteiger partial charge >= 0.3 is 0 Å². The van der Waals surface area contributed by atoms with E-state index in [-0.39, 0.29) is 11.5 Å². The van der Waals surface area contributed by atoms with E-state index in [0.717, 1.165) is 31.8 Å². The number of benzene rings is 3. The maximum atomic E-state index is 13.4. The van der Waals surface area contributed by atoms with Gasteiger partial charge in [-0.15, -0.1) is 11.3 Å². The second kappa shape index (κ2) is 6.89. The fourth-order valence-electron chi connectivity index (χ4n) is 3.15. The highest BCUT2D eigenvalue weighted by molar-refractivity contribution is 7.22. The van der Waals surface area contributed by atoms with Gasteiger partial charge in [0.05, 0.1) is 7.11 Å². The molecule has 0 fully saturated rings. The molecule has 0 amide bonds. The van der Waals surface area contributed by atoms with Crippen molar-refractivity contribution in [1.29, 1.82) is 0 Å². The van der Waals surface area contributed by atoms with Crippen molar-refractivity contribution in [2.24, 2.45) is 0 Å². The third kappa shape index (κ3) is 3.20. The van der Waals surface area contributed by atoms with Crippen molar-refractivity contribution in [2.75, 3.05) is 7.11 Å². The Kier molecular flexibility index (Phi) is 4.42. The van der Waals surface area contributed by atoms with Crippen molar-refractivity contribution in [3.63, 3.8) is 0 Å². The largest absolute Gasteiger partial charge is 0.508 e. The average Bonchev–Trinajstić information content (AvgIpc) is 3.06. The first-order valence-corrected chi connectivity index (χ1v) is 9.40. The third-order valence-corrected chi connectivity index (χ3v) is 5.74. The monoisotopic (exact) mass is 374 g/mol. The standard InChI is InChI=1S/C23H18O3S/c1-14-6-11-19-20(12-14)27-23(16-4-3-5-18(13-16)26-2)21(19)22(25)15-7-9-17(24)10-8-15/h3-13,24H,1-2H3. The van der Waals surface area contributed by atoms with E-state index in [4.69, 9.17) is 4.74 Å². The number of ketones is 1. The highest BCUT2D eigenvalue weighted by Gasteiger charge is 2.21. The normalized spacial score (nSPS) is 10.9. The molecule has 1 aromatic heterocycles. The predicted molar refractivity (Wildman–Crippen MR) is 110 cm³/mol. The van der Waals surface area contributed by atoms with E-state index in [0.29, 0.717) is 11.1 Å². The molecule has 1 heterocycles. The van der Waals surface area contributed by atoms with E-state index in [9.17, 15) is 9.90 Å². The lowest BCUT2D eigenvalue weighted by Gasteiger charge is -2.07. The molecule has 134 valence electrons. The lowest BCUT2D eigenvalue weighted by atomic mass is 9.97. The van der Waals surface area contributed by atoms with Crippen molar-refractivity contribution in [2.45, 2.75) is 6.92 Å². The molecule has 0 saturated carbocycles. The van der Waals surface area contributed by atoms with E-state index in [1.807, 2.05) is 43.3 Å². The summed E-state index contributed by atoms with van der Waals surface area (Å²) in [6, 6.07) is 20.3. The van der Waals surface area contributed by atoms with Crippen molar-refractivity contribution >= 4 is 27.2 Å². The Bertz CT molecular complexity index is 1140. The molecular formula is C23H18O3S. The molecule has 0 radical (unpaired) electrons. The van der Waals surface area contributed by atoms with Crippen LogP contribution in [0.2, 0.25) is 0 Å². The number of aryl methyl sites for hydroxylation is 1. The average molecular weight is 374 g/mol. The van der Waals surface area contributed by atoms with Crippen LogP contribution >= 0.6 is 11.3 Å². The molecule has 3 aromatic carbocycles. The first kappa shape index (κ1) is 17.3. The predicted octanol–water partition coefficient (Wildman–Crippen LogP) is 5.82. The number of phenolic OH excluding ortho intramolecular Hbond substituents is 1. The van der Waals surface area contributed by atoms with Crippen LogP contribution in [0.4, 0.5) is 0 Å². The second-order valence-electron chi connectivity index (χ2n) is 6.41. The van der Waals surface area contributed by atoms with Crippen LogP contribution in [0.15, 0.2) is 66.7 Å². The zero-order valence-electron chi connectivity index (χ0n) is 15.0. The molecule has 0 unspecified atom stereocenters. The van der Waals surface area contributed by atoms with Crippen LogP contribution in [0.5, 0.6) is 11.5 Å². The molecule has 0 spiro atoms. The molecule has 0 aliphatic heterocycles. The number of ether oxygens (including phenoxy) is 1. The number of fused-ring (bicyclic) bond motifs is 1. The lowest BCUT2D eigenvalue weighted by Crippen LogP contribution is -2.02. The number of carbonyl (C=O) groups excluding carboxylic acids is 1. The summed E-state index contributed by atoms with van der Waals surface area (Å²) >= 11 is 1.61. The summed E-state index contributed by atoms with van der Waals surface area (Å²) in [5.41, 5.74) is 3.35. The molecule has 0 aliphatic carbocycles. The Labute approximate surface area is 161 Å². The van der Waals surface area contributed by atoms with Crippen LogP contribution < -0.4 is 4.74 Å². The number of hydrogen-bond donors (Lipinski definition) is 1. The number of carbonyl (C=O) groups is 1. The minimum Gasteiger partial charge on any atom is -0.508 e. The van der Waals surface area contributed by atoms with Crippen molar-refractivity contribution in [3.8, 4) is 21.9 Å². The number of thiophene rings is 1. The van der Waals surface area contributed by atoms with Gasteiger partial charge in [0, 0.05) is 26.1 Å². The number of hydrogen-bond acceptors (Lipinski definition) is 4. The van der Waals surface area contributed by atoms with E-state index in [1.165, 1.54) is 12.1 Å². The molecule has 0 bridgehead atoms. The molecule has 0 saturated heterocycles. The summed E-state index contributed by atoms with van der Waals surface area (Å²) in [7, 11) is 1.63.